The molecule has 0 radical (unpaired) electrons. The van der Waals surface area contributed by atoms with Gasteiger partial charge in [0.05, 0.1) is 29.9 Å². The van der Waals surface area contributed by atoms with E-state index in [1.165, 1.54) is 0 Å². The van der Waals surface area contributed by atoms with Gasteiger partial charge in [-0.2, -0.15) is 0 Å². The molecule has 10 nitrogen and oxygen atoms in total. The zero-order valence-corrected chi connectivity index (χ0v) is 22.2. The fraction of sp³-hybridized carbons (Fsp3) is 0.538. The average molecular weight is 528 g/mol. The van der Waals surface area contributed by atoms with Crippen LogP contribution < -0.4 is 16.0 Å². The van der Waals surface area contributed by atoms with Crippen LogP contribution in [0.5, 0.6) is 0 Å². The number of nitrogens with one attached hydrogen (secondary N) is 1. The van der Waals surface area contributed by atoms with Crippen molar-refractivity contribution in [3.63, 3.8) is 0 Å². The first-order chi connectivity index (χ1) is 17.9. The molecule has 2 aliphatic rings. The molecule has 0 aromatic carbocycles. The Hall–Kier alpha value is -2.79. The summed E-state index contributed by atoms with van der Waals surface area (Å²) in [7, 11) is 1.68. The smallest absolute Gasteiger partial charge is 0.272 e. The Balaban J connectivity index is 1.21. The third kappa shape index (κ3) is 5.43. The molecule has 198 valence electrons. The lowest BCUT2D eigenvalue weighted by atomic mass is 9.91. The number of carbonyl (C=O) groups is 1. The van der Waals surface area contributed by atoms with E-state index in [0.29, 0.717) is 30.4 Å². The van der Waals surface area contributed by atoms with Gasteiger partial charge in [-0.3, -0.25) is 4.79 Å². The highest BCUT2D eigenvalue weighted by Crippen LogP contribution is 2.27. The van der Waals surface area contributed by atoms with Crippen LogP contribution in [0, 0.1) is 0 Å². The fourth-order valence-electron chi connectivity index (χ4n) is 5.04. The van der Waals surface area contributed by atoms with Crippen molar-refractivity contribution in [2.24, 2.45) is 5.73 Å². The fourth-order valence-corrected chi connectivity index (χ4v) is 5.30. The van der Waals surface area contributed by atoms with Gasteiger partial charge in [0, 0.05) is 50.1 Å². The molecule has 1 aliphatic heterocycles. The summed E-state index contributed by atoms with van der Waals surface area (Å²) in [5.41, 5.74) is 9.51. The molecule has 1 saturated heterocycles. The maximum Gasteiger partial charge on any atom is 0.272 e. The van der Waals surface area contributed by atoms with Crippen LogP contribution in [-0.4, -0.2) is 76.8 Å². The van der Waals surface area contributed by atoms with Crippen LogP contribution in [0.2, 0.25) is 5.02 Å². The van der Waals surface area contributed by atoms with E-state index in [1.54, 1.807) is 13.2 Å². The minimum atomic E-state index is -0.243. The second-order valence-corrected chi connectivity index (χ2v) is 10.3. The van der Waals surface area contributed by atoms with Crippen LogP contribution in [0.25, 0.3) is 11.0 Å². The lowest BCUT2D eigenvalue weighted by Gasteiger charge is -2.26. The number of carbonyl (C=O) groups excluding carboxylic acids is 1. The standard InChI is InChI=1S/C26H34ClN7O3/c1-4-33-11-19(27)18-10-22(31-32-25(18)33)26(35)29-17-6-7-21-16(9-17)5-8-24(30-21)34-12-20(28)23(13-34)37-14-15(2)36-3/h5,8,10-11,15,17,20,23H,4,6-7,9,12-14,28H2,1-3H3,(H,29,35). The minimum Gasteiger partial charge on any atom is -0.379 e. The van der Waals surface area contributed by atoms with E-state index in [1.807, 2.05) is 30.7 Å². The molecule has 37 heavy (non-hydrogen) atoms. The number of amides is 1. The monoisotopic (exact) mass is 527 g/mol. The Morgan fingerprint density at radius 2 is 2.16 bits per heavy atom. The van der Waals surface area contributed by atoms with Gasteiger partial charge in [-0.25, -0.2) is 4.98 Å². The van der Waals surface area contributed by atoms with Crippen LogP contribution in [0.3, 0.4) is 0 Å². The van der Waals surface area contributed by atoms with E-state index in [-0.39, 0.29) is 35.9 Å². The number of rotatable bonds is 8. The van der Waals surface area contributed by atoms with Crippen molar-refractivity contribution in [1.82, 2.24) is 25.1 Å². The zero-order chi connectivity index (χ0) is 26.1. The zero-order valence-electron chi connectivity index (χ0n) is 21.5. The van der Waals surface area contributed by atoms with Crippen LogP contribution in [0.15, 0.2) is 24.4 Å². The number of hydrogen-bond acceptors (Lipinski definition) is 8. The molecule has 4 atom stereocenters. The van der Waals surface area contributed by atoms with Gasteiger partial charge in [-0.1, -0.05) is 17.7 Å². The largest absolute Gasteiger partial charge is 0.379 e. The lowest BCUT2D eigenvalue weighted by molar-refractivity contribution is -0.0166. The predicted molar refractivity (Wildman–Crippen MR) is 142 cm³/mol. The Labute approximate surface area is 221 Å². The van der Waals surface area contributed by atoms with E-state index in [0.717, 1.165) is 48.3 Å². The molecule has 4 heterocycles. The summed E-state index contributed by atoms with van der Waals surface area (Å²) in [6.07, 6.45) is 4.11. The van der Waals surface area contributed by atoms with Crippen LogP contribution in [-0.2, 0) is 28.9 Å². The highest BCUT2D eigenvalue weighted by atomic mass is 35.5. The predicted octanol–water partition coefficient (Wildman–Crippen LogP) is 2.35. The first kappa shape index (κ1) is 25.8. The number of nitrogens with two attached hydrogens (primary N) is 1. The maximum absolute atomic E-state index is 12.9. The summed E-state index contributed by atoms with van der Waals surface area (Å²) in [5, 5.41) is 12.8. The Kier molecular flexibility index (Phi) is 7.62. The number of aryl methyl sites for hydroxylation is 2. The van der Waals surface area contributed by atoms with Crippen molar-refractivity contribution in [2.45, 2.75) is 63.9 Å². The summed E-state index contributed by atoms with van der Waals surface area (Å²) >= 11 is 6.34. The SMILES string of the molecule is CCn1cc(Cl)c2cc(C(=O)NC3CCc4nc(N5CC(N)C(OCC(C)OC)C5)ccc4C3)nnc21. The minimum absolute atomic E-state index is 0.00150. The highest BCUT2D eigenvalue weighted by molar-refractivity contribution is 6.35. The van der Waals surface area contributed by atoms with Crippen molar-refractivity contribution in [2.75, 3.05) is 31.7 Å². The summed E-state index contributed by atoms with van der Waals surface area (Å²) < 4.78 is 13.2. The van der Waals surface area contributed by atoms with Crippen molar-refractivity contribution >= 4 is 34.4 Å². The normalized spacial score (nSPS) is 22.3. The third-order valence-corrected chi connectivity index (χ3v) is 7.61. The summed E-state index contributed by atoms with van der Waals surface area (Å²) in [6.45, 7) is 6.64. The number of ether oxygens (including phenoxy) is 2. The molecule has 0 saturated carbocycles. The lowest BCUT2D eigenvalue weighted by Crippen LogP contribution is -2.39. The number of nitrogens with zero attached hydrogens (tertiary/aromatic N) is 5. The van der Waals surface area contributed by atoms with Gasteiger partial charge in [-0.05, 0) is 50.8 Å². The van der Waals surface area contributed by atoms with Crippen molar-refractivity contribution < 1.29 is 14.3 Å². The number of pyridine rings is 1. The maximum atomic E-state index is 12.9. The molecule has 0 spiro atoms. The number of methoxy groups -OCH3 is 1. The second-order valence-electron chi connectivity index (χ2n) is 9.91. The van der Waals surface area contributed by atoms with Gasteiger partial charge in [0.25, 0.3) is 5.91 Å². The molecule has 1 aliphatic carbocycles. The molecule has 3 aromatic heterocycles. The Morgan fingerprint density at radius 1 is 1.32 bits per heavy atom. The highest BCUT2D eigenvalue weighted by Gasteiger charge is 2.33. The number of aromatic nitrogens is 4. The Bertz CT molecular complexity index is 1280. The van der Waals surface area contributed by atoms with E-state index in [2.05, 4.69) is 26.5 Å². The molecular formula is C26H34ClN7O3. The molecule has 1 amide bonds. The average Bonchev–Trinajstić information content (AvgIpc) is 3.45. The van der Waals surface area contributed by atoms with E-state index in [9.17, 15) is 4.79 Å². The van der Waals surface area contributed by atoms with Gasteiger partial charge in [-0.15, -0.1) is 10.2 Å². The van der Waals surface area contributed by atoms with Crippen molar-refractivity contribution in [3.8, 4) is 0 Å². The summed E-state index contributed by atoms with van der Waals surface area (Å²) in [4.78, 5) is 20.1. The van der Waals surface area contributed by atoms with E-state index in [4.69, 9.17) is 31.8 Å². The molecular weight excluding hydrogens is 494 g/mol. The molecule has 4 unspecified atom stereocenters. The summed E-state index contributed by atoms with van der Waals surface area (Å²) in [6, 6.07) is 5.79. The number of fused-ring (bicyclic) bond motifs is 2. The van der Waals surface area contributed by atoms with Crippen LogP contribution >= 0.6 is 11.6 Å². The van der Waals surface area contributed by atoms with Crippen LogP contribution in [0.4, 0.5) is 5.82 Å². The van der Waals surface area contributed by atoms with Gasteiger partial charge in [0.1, 0.15) is 5.82 Å². The second kappa shape index (κ2) is 10.9. The molecule has 1 fully saturated rings. The number of anilines is 1. The van der Waals surface area contributed by atoms with Gasteiger partial charge in [0.15, 0.2) is 11.3 Å². The number of halogens is 1. The van der Waals surface area contributed by atoms with Crippen LogP contribution in [0.1, 0.15) is 42.0 Å². The first-order valence-corrected chi connectivity index (χ1v) is 13.2. The van der Waals surface area contributed by atoms with Gasteiger partial charge < -0.3 is 30.0 Å². The van der Waals surface area contributed by atoms with Crippen molar-refractivity contribution in [3.05, 3.63) is 46.4 Å². The summed E-state index contributed by atoms with van der Waals surface area (Å²) in [5.74, 6) is 0.676. The first-order valence-electron chi connectivity index (χ1n) is 12.8. The Morgan fingerprint density at radius 3 is 2.95 bits per heavy atom. The van der Waals surface area contributed by atoms with Gasteiger partial charge >= 0.3 is 0 Å². The van der Waals surface area contributed by atoms with Crippen molar-refractivity contribution in [1.29, 1.82) is 0 Å². The van der Waals surface area contributed by atoms with E-state index < -0.39 is 0 Å². The molecule has 11 heteroatoms. The molecule has 3 N–H and O–H groups in total. The molecule has 5 rings (SSSR count). The molecule has 0 bridgehead atoms. The number of hydrogen-bond donors (Lipinski definition) is 2. The molecule has 3 aromatic rings. The van der Waals surface area contributed by atoms with Gasteiger partial charge in [0.2, 0.25) is 0 Å². The van der Waals surface area contributed by atoms with E-state index >= 15 is 0 Å². The third-order valence-electron chi connectivity index (χ3n) is 7.31. The quantitative estimate of drug-likeness (QED) is 0.458. The topological polar surface area (TPSA) is 120 Å².